The van der Waals surface area contributed by atoms with Gasteiger partial charge in [-0.3, -0.25) is 9.98 Å². The minimum absolute atomic E-state index is 0.0577. The van der Waals surface area contributed by atoms with E-state index in [2.05, 4.69) is 70.9 Å². The summed E-state index contributed by atoms with van der Waals surface area (Å²) >= 11 is 1.89. The molecule has 2 aliphatic rings. The van der Waals surface area contributed by atoms with E-state index in [1.807, 2.05) is 24.0 Å². The molecule has 3 aromatic rings. The van der Waals surface area contributed by atoms with Crippen molar-refractivity contribution < 1.29 is 0 Å². The minimum atomic E-state index is 0.0577. The first-order chi connectivity index (χ1) is 12.8. The fourth-order valence-electron chi connectivity index (χ4n) is 4.23. The molecular formula is C21H22N4S. The molecule has 5 rings (SSSR count). The van der Waals surface area contributed by atoms with Gasteiger partial charge in [0, 0.05) is 47.2 Å². The molecule has 2 aliphatic heterocycles. The maximum atomic E-state index is 5.10. The van der Waals surface area contributed by atoms with Crippen molar-refractivity contribution >= 4 is 27.8 Å². The molecule has 3 atom stereocenters. The van der Waals surface area contributed by atoms with Gasteiger partial charge >= 0.3 is 0 Å². The van der Waals surface area contributed by atoms with Crippen LogP contribution in [0.25, 0.3) is 10.9 Å². The first kappa shape index (κ1) is 15.9. The molecule has 0 saturated carbocycles. The van der Waals surface area contributed by atoms with Gasteiger partial charge in [0.1, 0.15) is 6.04 Å². The van der Waals surface area contributed by atoms with Crippen LogP contribution in [0, 0.1) is 0 Å². The van der Waals surface area contributed by atoms with E-state index in [4.69, 9.17) is 4.99 Å². The summed E-state index contributed by atoms with van der Waals surface area (Å²) in [4.78, 5) is 12.2. The summed E-state index contributed by atoms with van der Waals surface area (Å²) < 4.78 is 2.35. The van der Waals surface area contributed by atoms with Gasteiger partial charge in [0.25, 0.3) is 0 Å². The number of para-hydroxylation sites is 1. The highest BCUT2D eigenvalue weighted by molar-refractivity contribution is 8.14. The smallest absolute Gasteiger partial charge is 0.160 e. The molecule has 2 aromatic heterocycles. The second kappa shape index (κ2) is 6.16. The third-order valence-corrected chi connectivity index (χ3v) is 6.46. The van der Waals surface area contributed by atoms with Crippen molar-refractivity contribution in [2.75, 3.05) is 6.54 Å². The molecule has 1 saturated heterocycles. The Morgan fingerprint density at radius 1 is 1.15 bits per heavy atom. The normalized spacial score (nSPS) is 24.9. The van der Waals surface area contributed by atoms with Crippen molar-refractivity contribution in [3.8, 4) is 0 Å². The van der Waals surface area contributed by atoms with Gasteiger partial charge in [0.15, 0.2) is 5.17 Å². The van der Waals surface area contributed by atoms with Crippen LogP contribution in [0.1, 0.15) is 37.2 Å². The quantitative estimate of drug-likeness (QED) is 0.680. The van der Waals surface area contributed by atoms with Crippen LogP contribution in [0.2, 0.25) is 0 Å². The number of aliphatic imine (C=N–C) groups is 1. The lowest BCUT2D eigenvalue weighted by Crippen LogP contribution is -2.28. The van der Waals surface area contributed by atoms with E-state index >= 15 is 0 Å². The Morgan fingerprint density at radius 2 is 2.00 bits per heavy atom. The molecule has 0 aliphatic carbocycles. The van der Waals surface area contributed by atoms with Crippen LogP contribution < -0.4 is 0 Å². The summed E-state index contributed by atoms with van der Waals surface area (Å²) in [7, 11) is 0. The predicted molar refractivity (Wildman–Crippen MR) is 109 cm³/mol. The number of rotatable bonds is 3. The molecule has 4 nitrogen and oxygen atoms in total. The maximum absolute atomic E-state index is 5.10. The number of hydrogen-bond acceptors (Lipinski definition) is 4. The van der Waals surface area contributed by atoms with Crippen molar-refractivity contribution in [3.63, 3.8) is 0 Å². The van der Waals surface area contributed by atoms with E-state index in [9.17, 15) is 0 Å². The Balaban J connectivity index is 1.68. The molecule has 0 N–H and O–H groups in total. The Kier molecular flexibility index (Phi) is 3.78. The molecule has 1 fully saturated rings. The number of hydrogen-bond donors (Lipinski definition) is 0. The second-order valence-electron chi connectivity index (χ2n) is 7.02. The zero-order chi connectivity index (χ0) is 17.7. The minimum Gasteiger partial charge on any atom is -0.347 e. The first-order valence-corrected chi connectivity index (χ1v) is 10.1. The monoisotopic (exact) mass is 362 g/mol. The lowest BCUT2D eigenvalue weighted by atomic mass is 9.96. The van der Waals surface area contributed by atoms with Gasteiger partial charge in [-0.05, 0) is 25.1 Å². The van der Waals surface area contributed by atoms with Crippen molar-refractivity contribution in [1.82, 2.24) is 14.5 Å². The number of aryl methyl sites for hydroxylation is 1. The van der Waals surface area contributed by atoms with Crippen LogP contribution in [0.15, 0.2) is 59.9 Å². The summed E-state index contributed by atoms with van der Waals surface area (Å²) in [5.41, 5.74) is 3.73. The number of thioether (sulfide) groups is 1. The van der Waals surface area contributed by atoms with Gasteiger partial charge in [-0.1, -0.05) is 43.0 Å². The lowest BCUT2D eigenvalue weighted by molar-refractivity contribution is 0.323. The van der Waals surface area contributed by atoms with Crippen LogP contribution in [0.5, 0.6) is 0 Å². The van der Waals surface area contributed by atoms with Gasteiger partial charge in [0.2, 0.25) is 0 Å². The number of fused-ring (bicyclic) bond motifs is 2. The van der Waals surface area contributed by atoms with Crippen molar-refractivity contribution in [1.29, 1.82) is 0 Å². The van der Waals surface area contributed by atoms with Crippen LogP contribution in [-0.2, 0) is 6.54 Å². The summed E-state index contributed by atoms with van der Waals surface area (Å²) in [6.45, 7) is 6.51. The van der Waals surface area contributed by atoms with Crippen molar-refractivity contribution in [2.24, 2.45) is 4.99 Å². The summed E-state index contributed by atoms with van der Waals surface area (Å²) in [5, 5.41) is 3.09. The molecular weight excluding hydrogens is 340 g/mol. The van der Waals surface area contributed by atoms with Gasteiger partial charge in [-0.25, -0.2) is 0 Å². The SMILES string of the molecule is CCn1cc([C@H]2[C@H](c3ccccn3)N=C3S[C@@H](C)CN32)c2ccccc21. The van der Waals surface area contributed by atoms with E-state index in [0.29, 0.717) is 5.25 Å². The van der Waals surface area contributed by atoms with Crippen LogP contribution in [0.4, 0.5) is 0 Å². The molecule has 4 heterocycles. The number of pyridine rings is 1. The molecule has 0 radical (unpaired) electrons. The molecule has 1 aromatic carbocycles. The first-order valence-electron chi connectivity index (χ1n) is 9.26. The molecule has 0 unspecified atom stereocenters. The highest BCUT2D eigenvalue weighted by atomic mass is 32.2. The van der Waals surface area contributed by atoms with Gasteiger partial charge in [-0.15, -0.1) is 0 Å². The van der Waals surface area contributed by atoms with E-state index in [1.165, 1.54) is 21.6 Å². The Bertz CT molecular complexity index is 978. The number of nitrogens with zero attached hydrogens (tertiary/aromatic N) is 4. The van der Waals surface area contributed by atoms with E-state index in [0.717, 1.165) is 18.8 Å². The topological polar surface area (TPSA) is 33.4 Å². The largest absolute Gasteiger partial charge is 0.347 e. The summed E-state index contributed by atoms with van der Waals surface area (Å²) in [6, 6.07) is 15.1. The Labute approximate surface area is 157 Å². The van der Waals surface area contributed by atoms with Crippen LogP contribution in [0.3, 0.4) is 0 Å². The summed E-state index contributed by atoms with van der Waals surface area (Å²) in [5.74, 6) is 0. The fraction of sp³-hybridized carbons (Fsp3) is 0.333. The van der Waals surface area contributed by atoms with E-state index in [1.54, 1.807) is 0 Å². The second-order valence-corrected chi connectivity index (χ2v) is 8.43. The lowest BCUT2D eigenvalue weighted by Gasteiger charge is -2.26. The Morgan fingerprint density at radius 3 is 2.81 bits per heavy atom. The third kappa shape index (κ3) is 2.37. The molecule has 26 heavy (non-hydrogen) atoms. The van der Waals surface area contributed by atoms with E-state index in [-0.39, 0.29) is 12.1 Å². The average Bonchev–Trinajstić information content (AvgIpc) is 3.32. The van der Waals surface area contributed by atoms with Crippen molar-refractivity contribution in [2.45, 2.75) is 37.7 Å². The highest BCUT2D eigenvalue weighted by Gasteiger charge is 2.44. The number of benzene rings is 1. The van der Waals surface area contributed by atoms with Gasteiger partial charge in [0.05, 0.1) is 11.7 Å². The number of aromatic nitrogens is 2. The number of amidine groups is 1. The zero-order valence-electron chi connectivity index (χ0n) is 15.0. The van der Waals surface area contributed by atoms with Crippen LogP contribution >= 0.6 is 11.8 Å². The highest BCUT2D eigenvalue weighted by Crippen LogP contribution is 2.49. The molecule has 132 valence electrons. The maximum Gasteiger partial charge on any atom is 0.160 e. The standard InChI is InChI=1S/C21H22N4S/c1-3-24-13-16(15-8-4-5-10-18(15)24)20-19(17-9-6-7-11-22-17)23-21-25(20)12-14(2)26-21/h4-11,13-14,19-20H,3,12H2,1-2H3/t14-,19-,20-/m0/s1. The van der Waals surface area contributed by atoms with E-state index < -0.39 is 0 Å². The van der Waals surface area contributed by atoms with Crippen LogP contribution in [-0.4, -0.2) is 31.4 Å². The van der Waals surface area contributed by atoms with Gasteiger partial charge < -0.3 is 9.47 Å². The van der Waals surface area contributed by atoms with Crippen molar-refractivity contribution in [3.05, 3.63) is 66.1 Å². The van der Waals surface area contributed by atoms with Gasteiger partial charge in [-0.2, -0.15) is 0 Å². The summed E-state index contributed by atoms with van der Waals surface area (Å²) in [6.07, 6.45) is 4.21. The third-order valence-electron chi connectivity index (χ3n) is 5.36. The predicted octanol–water partition coefficient (Wildman–Crippen LogP) is 4.65. The molecule has 0 bridgehead atoms. The molecule has 0 spiro atoms. The Hall–Kier alpha value is -2.27. The zero-order valence-corrected chi connectivity index (χ0v) is 15.9. The molecule has 5 heteroatoms. The molecule has 0 amide bonds. The fourth-order valence-corrected chi connectivity index (χ4v) is 5.32. The average molecular weight is 363 g/mol.